The van der Waals surface area contributed by atoms with Gasteiger partial charge in [-0.15, -0.1) is 11.8 Å². The van der Waals surface area contributed by atoms with Gasteiger partial charge in [-0.05, 0) is 42.5 Å². The molecule has 1 nitrogen and oxygen atoms in total. The van der Waals surface area contributed by atoms with Crippen LogP contribution in [-0.4, -0.2) is 11.8 Å². The van der Waals surface area contributed by atoms with Crippen molar-refractivity contribution in [2.24, 2.45) is 0 Å². The standard InChI is InChI=1S/C18H21NS/c1-2-4-15(5-3-1)12-13-20-18-10-6-16(7-11-18)14-19-17-8-9-17/h1-7,10-11,17,19H,8-9,12-14H2. The van der Waals surface area contributed by atoms with Crippen molar-refractivity contribution >= 4 is 11.8 Å². The van der Waals surface area contributed by atoms with Crippen LogP contribution in [0.2, 0.25) is 0 Å². The topological polar surface area (TPSA) is 12.0 Å². The predicted octanol–water partition coefficient (Wildman–Crippen LogP) is 4.27. The van der Waals surface area contributed by atoms with Crippen molar-refractivity contribution < 1.29 is 0 Å². The van der Waals surface area contributed by atoms with E-state index in [1.54, 1.807) is 0 Å². The van der Waals surface area contributed by atoms with Gasteiger partial charge in [0.2, 0.25) is 0 Å². The van der Waals surface area contributed by atoms with Crippen molar-refractivity contribution in [2.75, 3.05) is 5.75 Å². The van der Waals surface area contributed by atoms with Gasteiger partial charge < -0.3 is 5.32 Å². The summed E-state index contributed by atoms with van der Waals surface area (Å²) in [6.45, 7) is 1.01. The highest BCUT2D eigenvalue weighted by Gasteiger charge is 2.19. The van der Waals surface area contributed by atoms with Gasteiger partial charge >= 0.3 is 0 Å². The molecule has 1 aliphatic carbocycles. The molecule has 2 aromatic carbocycles. The van der Waals surface area contributed by atoms with Crippen LogP contribution in [-0.2, 0) is 13.0 Å². The molecule has 0 aromatic heterocycles. The molecule has 20 heavy (non-hydrogen) atoms. The molecule has 1 N–H and O–H groups in total. The van der Waals surface area contributed by atoms with Crippen LogP contribution in [0.1, 0.15) is 24.0 Å². The Kier molecular flexibility index (Phi) is 4.77. The second-order valence-electron chi connectivity index (χ2n) is 5.38. The molecule has 0 saturated heterocycles. The molecule has 0 bridgehead atoms. The van der Waals surface area contributed by atoms with Gasteiger partial charge in [0.15, 0.2) is 0 Å². The number of rotatable bonds is 7. The Bertz CT molecular complexity index is 517. The lowest BCUT2D eigenvalue weighted by atomic mass is 10.2. The molecule has 1 aliphatic rings. The van der Waals surface area contributed by atoms with Crippen molar-refractivity contribution in [2.45, 2.75) is 36.7 Å². The Morgan fingerprint density at radius 2 is 1.65 bits per heavy atom. The molecule has 2 heteroatoms. The van der Waals surface area contributed by atoms with E-state index in [1.807, 2.05) is 11.8 Å². The van der Waals surface area contributed by atoms with E-state index in [0.717, 1.165) is 24.8 Å². The fraction of sp³-hybridized carbons (Fsp3) is 0.333. The normalized spacial score (nSPS) is 14.4. The monoisotopic (exact) mass is 283 g/mol. The molecule has 0 atom stereocenters. The number of nitrogens with one attached hydrogen (secondary N) is 1. The van der Waals surface area contributed by atoms with Crippen molar-refractivity contribution in [3.63, 3.8) is 0 Å². The Hall–Kier alpha value is -1.25. The summed E-state index contributed by atoms with van der Waals surface area (Å²) >= 11 is 1.94. The molecule has 3 rings (SSSR count). The van der Waals surface area contributed by atoms with E-state index in [2.05, 4.69) is 59.9 Å². The molecule has 1 saturated carbocycles. The summed E-state index contributed by atoms with van der Waals surface area (Å²) in [5.41, 5.74) is 2.81. The smallest absolute Gasteiger partial charge is 0.0208 e. The highest BCUT2D eigenvalue weighted by Crippen LogP contribution is 2.21. The van der Waals surface area contributed by atoms with Crippen molar-refractivity contribution in [3.05, 3.63) is 65.7 Å². The van der Waals surface area contributed by atoms with Crippen molar-refractivity contribution in [3.8, 4) is 0 Å². The van der Waals surface area contributed by atoms with Crippen LogP contribution in [0.15, 0.2) is 59.5 Å². The minimum Gasteiger partial charge on any atom is -0.310 e. The molecule has 104 valence electrons. The molecule has 0 unspecified atom stereocenters. The summed E-state index contributed by atoms with van der Waals surface area (Å²) in [7, 11) is 0. The zero-order chi connectivity index (χ0) is 13.6. The first-order valence-electron chi connectivity index (χ1n) is 7.39. The lowest BCUT2D eigenvalue weighted by Crippen LogP contribution is -2.14. The molecule has 2 aromatic rings. The van der Waals surface area contributed by atoms with Crippen LogP contribution in [0.3, 0.4) is 0 Å². The lowest BCUT2D eigenvalue weighted by molar-refractivity contribution is 0.687. The number of hydrogen-bond donors (Lipinski definition) is 1. The average Bonchev–Trinajstić information content (AvgIpc) is 3.32. The first-order chi connectivity index (χ1) is 9.90. The summed E-state index contributed by atoms with van der Waals surface area (Å²) in [6.07, 6.45) is 3.84. The maximum Gasteiger partial charge on any atom is 0.0208 e. The van der Waals surface area contributed by atoms with Crippen LogP contribution in [0.5, 0.6) is 0 Å². The van der Waals surface area contributed by atoms with Crippen molar-refractivity contribution in [1.82, 2.24) is 5.32 Å². The van der Waals surface area contributed by atoms with Crippen LogP contribution in [0, 0.1) is 0 Å². The van der Waals surface area contributed by atoms with Gasteiger partial charge in [0, 0.05) is 23.2 Å². The van der Waals surface area contributed by atoms with Crippen LogP contribution in [0.4, 0.5) is 0 Å². The third-order valence-corrected chi connectivity index (χ3v) is 4.61. The van der Waals surface area contributed by atoms with Gasteiger partial charge in [0.05, 0.1) is 0 Å². The summed E-state index contributed by atoms with van der Waals surface area (Å²) in [5.74, 6) is 1.14. The molecule has 0 aliphatic heterocycles. The fourth-order valence-corrected chi connectivity index (χ4v) is 3.09. The van der Waals surface area contributed by atoms with Gasteiger partial charge in [-0.25, -0.2) is 0 Å². The highest BCUT2D eigenvalue weighted by atomic mass is 32.2. The van der Waals surface area contributed by atoms with E-state index in [-0.39, 0.29) is 0 Å². The summed E-state index contributed by atoms with van der Waals surface area (Å²) < 4.78 is 0. The van der Waals surface area contributed by atoms with E-state index in [9.17, 15) is 0 Å². The minimum absolute atomic E-state index is 0.787. The number of aryl methyl sites for hydroxylation is 1. The van der Waals surface area contributed by atoms with Gasteiger partial charge in [-0.2, -0.15) is 0 Å². The Balaban J connectivity index is 1.43. The fourth-order valence-electron chi connectivity index (χ4n) is 2.18. The Morgan fingerprint density at radius 1 is 0.900 bits per heavy atom. The van der Waals surface area contributed by atoms with Crippen molar-refractivity contribution in [1.29, 1.82) is 0 Å². The number of hydrogen-bond acceptors (Lipinski definition) is 2. The summed E-state index contributed by atoms with van der Waals surface area (Å²) in [6, 6.07) is 20.5. The predicted molar refractivity (Wildman–Crippen MR) is 87.2 cm³/mol. The van der Waals surface area contributed by atoms with Crippen LogP contribution >= 0.6 is 11.8 Å². The zero-order valence-electron chi connectivity index (χ0n) is 11.7. The average molecular weight is 283 g/mol. The molecule has 0 radical (unpaired) electrons. The SMILES string of the molecule is c1ccc(CCSc2ccc(CNC3CC3)cc2)cc1. The molecular formula is C18H21NS. The largest absolute Gasteiger partial charge is 0.310 e. The van der Waals surface area contributed by atoms with E-state index in [1.165, 1.54) is 28.9 Å². The maximum absolute atomic E-state index is 3.55. The third kappa shape index (κ3) is 4.39. The molecule has 0 heterocycles. The van der Waals surface area contributed by atoms with Gasteiger partial charge in [0.1, 0.15) is 0 Å². The van der Waals surface area contributed by atoms with Gasteiger partial charge in [0.25, 0.3) is 0 Å². The molecular weight excluding hydrogens is 262 g/mol. The van der Waals surface area contributed by atoms with E-state index in [4.69, 9.17) is 0 Å². The molecule has 1 fully saturated rings. The maximum atomic E-state index is 3.55. The zero-order valence-corrected chi connectivity index (χ0v) is 12.5. The Labute approximate surface area is 125 Å². The lowest BCUT2D eigenvalue weighted by Gasteiger charge is -2.05. The van der Waals surface area contributed by atoms with E-state index < -0.39 is 0 Å². The number of thioether (sulfide) groups is 1. The summed E-state index contributed by atoms with van der Waals surface area (Å²) in [5, 5.41) is 3.55. The van der Waals surface area contributed by atoms with Gasteiger partial charge in [-0.1, -0.05) is 42.5 Å². The molecule has 0 spiro atoms. The van der Waals surface area contributed by atoms with E-state index >= 15 is 0 Å². The first-order valence-corrected chi connectivity index (χ1v) is 8.38. The first kappa shape index (κ1) is 13.7. The highest BCUT2D eigenvalue weighted by molar-refractivity contribution is 7.99. The van der Waals surface area contributed by atoms with Crippen LogP contribution < -0.4 is 5.32 Å². The third-order valence-electron chi connectivity index (χ3n) is 3.60. The Morgan fingerprint density at radius 3 is 2.35 bits per heavy atom. The number of benzene rings is 2. The second-order valence-corrected chi connectivity index (χ2v) is 6.55. The molecule has 0 amide bonds. The van der Waals surface area contributed by atoms with Crippen LogP contribution in [0.25, 0.3) is 0 Å². The summed E-state index contributed by atoms with van der Waals surface area (Å²) in [4.78, 5) is 1.37. The minimum atomic E-state index is 0.787. The van der Waals surface area contributed by atoms with E-state index in [0.29, 0.717) is 0 Å². The quantitative estimate of drug-likeness (QED) is 0.761. The second kappa shape index (κ2) is 6.96. The van der Waals surface area contributed by atoms with Gasteiger partial charge in [-0.3, -0.25) is 0 Å².